The second kappa shape index (κ2) is 6.14. The van der Waals surface area contributed by atoms with E-state index in [2.05, 4.69) is 0 Å². The molecule has 0 amide bonds. The molecule has 0 aromatic heterocycles. The van der Waals surface area contributed by atoms with Gasteiger partial charge in [0.1, 0.15) is 5.69 Å². The zero-order chi connectivity index (χ0) is 14.6. The maximum atomic E-state index is 13.9. The molecule has 0 atom stereocenters. The van der Waals surface area contributed by atoms with Crippen LogP contribution in [0, 0.1) is 23.0 Å². The van der Waals surface area contributed by atoms with Crippen molar-refractivity contribution in [3.05, 3.63) is 29.3 Å². The molecule has 19 heavy (non-hydrogen) atoms. The molecule has 0 saturated heterocycles. The van der Waals surface area contributed by atoms with E-state index in [0.29, 0.717) is 0 Å². The molecular formula is C13H14F2N2O2. The summed E-state index contributed by atoms with van der Waals surface area (Å²) >= 11 is 0. The van der Waals surface area contributed by atoms with Crippen LogP contribution in [-0.2, 0) is 4.79 Å². The van der Waals surface area contributed by atoms with Crippen molar-refractivity contribution < 1.29 is 18.7 Å². The Kier molecular flexibility index (Phi) is 4.81. The van der Waals surface area contributed by atoms with Crippen molar-refractivity contribution in [2.24, 2.45) is 0 Å². The molecule has 0 heterocycles. The summed E-state index contributed by atoms with van der Waals surface area (Å²) in [5.41, 5.74) is -0.407. The molecule has 0 spiro atoms. The molecule has 0 saturated carbocycles. The summed E-state index contributed by atoms with van der Waals surface area (Å²) in [4.78, 5) is 11.9. The lowest BCUT2D eigenvalue weighted by molar-refractivity contribution is -0.136. The smallest absolute Gasteiger partial charge is 0.305 e. The molecule has 1 rings (SSSR count). The molecule has 0 radical (unpaired) electrons. The van der Waals surface area contributed by atoms with E-state index in [4.69, 9.17) is 10.4 Å². The summed E-state index contributed by atoms with van der Waals surface area (Å²) in [6.07, 6.45) is -0.225. The average Bonchev–Trinajstić information content (AvgIpc) is 2.31. The number of hydrogen-bond donors (Lipinski definition) is 1. The van der Waals surface area contributed by atoms with Gasteiger partial charge in [0.2, 0.25) is 0 Å². The van der Waals surface area contributed by atoms with E-state index in [1.54, 1.807) is 19.9 Å². The summed E-state index contributed by atoms with van der Waals surface area (Å²) in [6, 6.07) is 3.27. The van der Waals surface area contributed by atoms with Crippen molar-refractivity contribution in [2.45, 2.75) is 26.3 Å². The largest absolute Gasteiger partial charge is 0.481 e. The lowest BCUT2D eigenvalue weighted by Gasteiger charge is -2.29. The van der Waals surface area contributed by atoms with Crippen molar-refractivity contribution in [3.8, 4) is 6.07 Å². The third-order valence-corrected chi connectivity index (χ3v) is 2.62. The monoisotopic (exact) mass is 268 g/mol. The molecule has 0 aliphatic carbocycles. The number of carboxylic acid groups (broad SMARTS) is 1. The Bertz CT molecular complexity index is 501. The van der Waals surface area contributed by atoms with Crippen molar-refractivity contribution in [1.82, 2.24) is 0 Å². The Morgan fingerprint density at radius 3 is 2.32 bits per heavy atom. The molecule has 1 aromatic rings. The Morgan fingerprint density at radius 2 is 1.95 bits per heavy atom. The normalized spacial score (nSPS) is 10.3. The number of nitrogens with zero attached hydrogens (tertiary/aromatic N) is 2. The first-order valence-electron chi connectivity index (χ1n) is 5.74. The second-order valence-electron chi connectivity index (χ2n) is 4.33. The summed E-state index contributed by atoms with van der Waals surface area (Å²) in [7, 11) is 0. The highest BCUT2D eigenvalue weighted by Gasteiger charge is 2.21. The van der Waals surface area contributed by atoms with Crippen LogP contribution in [0.1, 0.15) is 25.8 Å². The zero-order valence-electron chi connectivity index (χ0n) is 10.7. The van der Waals surface area contributed by atoms with Crippen LogP contribution >= 0.6 is 0 Å². The van der Waals surface area contributed by atoms with Gasteiger partial charge in [-0.1, -0.05) is 0 Å². The quantitative estimate of drug-likeness (QED) is 0.891. The van der Waals surface area contributed by atoms with Gasteiger partial charge in [0.05, 0.1) is 18.1 Å². The van der Waals surface area contributed by atoms with Crippen LogP contribution in [0.5, 0.6) is 0 Å². The average molecular weight is 268 g/mol. The molecule has 102 valence electrons. The van der Waals surface area contributed by atoms with Crippen LogP contribution in [-0.4, -0.2) is 23.7 Å². The first-order valence-corrected chi connectivity index (χ1v) is 5.74. The molecule has 1 aromatic carbocycles. The number of nitriles is 1. The van der Waals surface area contributed by atoms with E-state index in [-0.39, 0.29) is 30.3 Å². The van der Waals surface area contributed by atoms with Crippen LogP contribution in [0.2, 0.25) is 0 Å². The van der Waals surface area contributed by atoms with Crippen LogP contribution < -0.4 is 4.90 Å². The van der Waals surface area contributed by atoms with Crippen molar-refractivity contribution in [1.29, 1.82) is 5.26 Å². The highest BCUT2D eigenvalue weighted by atomic mass is 19.1. The van der Waals surface area contributed by atoms with Gasteiger partial charge in [-0.15, -0.1) is 0 Å². The molecule has 1 N–H and O–H groups in total. The van der Waals surface area contributed by atoms with Crippen molar-refractivity contribution >= 4 is 11.7 Å². The number of benzene rings is 1. The number of carboxylic acids is 1. The van der Waals surface area contributed by atoms with Gasteiger partial charge < -0.3 is 10.0 Å². The van der Waals surface area contributed by atoms with Gasteiger partial charge in [-0.3, -0.25) is 4.79 Å². The van der Waals surface area contributed by atoms with Crippen LogP contribution in [0.3, 0.4) is 0 Å². The second-order valence-corrected chi connectivity index (χ2v) is 4.33. The zero-order valence-corrected chi connectivity index (χ0v) is 10.7. The SMILES string of the molecule is CC(C)N(CCC(=O)O)c1c(F)cc(C#N)cc1F. The Hall–Kier alpha value is -2.16. The van der Waals surface area contributed by atoms with Gasteiger partial charge in [-0.2, -0.15) is 5.26 Å². The molecule has 0 fully saturated rings. The summed E-state index contributed by atoms with van der Waals surface area (Å²) in [5, 5.41) is 17.3. The molecule has 0 bridgehead atoms. The Morgan fingerprint density at radius 1 is 1.42 bits per heavy atom. The van der Waals surface area contributed by atoms with Gasteiger partial charge >= 0.3 is 5.97 Å². The fraction of sp³-hybridized carbons (Fsp3) is 0.385. The third kappa shape index (κ3) is 3.65. The minimum atomic E-state index is -1.04. The number of aliphatic carboxylic acids is 1. The standard InChI is InChI=1S/C13H14F2N2O2/c1-8(2)17(4-3-12(18)19)13-10(14)5-9(7-16)6-11(13)15/h5-6,8H,3-4H2,1-2H3,(H,18,19). The molecule has 6 heteroatoms. The van der Waals surface area contributed by atoms with Crippen LogP contribution in [0.25, 0.3) is 0 Å². The van der Waals surface area contributed by atoms with Gasteiger partial charge in [0, 0.05) is 12.6 Å². The Labute approximate surface area is 109 Å². The van der Waals surface area contributed by atoms with Crippen LogP contribution in [0.15, 0.2) is 12.1 Å². The van der Waals surface area contributed by atoms with Gasteiger partial charge in [0.15, 0.2) is 11.6 Å². The summed E-state index contributed by atoms with van der Waals surface area (Å²) < 4.78 is 27.7. The minimum Gasteiger partial charge on any atom is -0.481 e. The Balaban J connectivity index is 3.16. The van der Waals surface area contributed by atoms with Gasteiger partial charge in [0.25, 0.3) is 0 Å². The maximum Gasteiger partial charge on any atom is 0.305 e. The third-order valence-electron chi connectivity index (χ3n) is 2.62. The number of rotatable bonds is 5. The number of anilines is 1. The molecular weight excluding hydrogens is 254 g/mol. The lowest BCUT2D eigenvalue weighted by atomic mass is 10.1. The highest BCUT2D eigenvalue weighted by Crippen LogP contribution is 2.26. The number of carbonyl (C=O) groups is 1. The molecule has 0 unspecified atom stereocenters. The molecule has 4 nitrogen and oxygen atoms in total. The molecule has 0 aliphatic heterocycles. The molecule has 0 aliphatic rings. The predicted molar refractivity (Wildman–Crippen MR) is 65.8 cm³/mol. The summed E-state index contributed by atoms with van der Waals surface area (Å²) in [6.45, 7) is 3.41. The summed E-state index contributed by atoms with van der Waals surface area (Å²) in [5.74, 6) is -2.77. The predicted octanol–water partition coefficient (Wildman–Crippen LogP) is 2.53. The number of halogens is 2. The minimum absolute atomic E-state index is 0.00720. The van der Waals surface area contributed by atoms with E-state index in [0.717, 1.165) is 12.1 Å². The van der Waals surface area contributed by atoms with E-state index in [9.17, 15) is 13.6 Å². The van der Waals surface area contributed by atoms with E-state index >= 15 is 0 Å². The highest BCUT2D eigenvalue weighted by molar-refractivity contribution is 5.68. The first kappa shape index (κ1) is 14.9. The van der Waals surface area contributed by atoms with Crippen LogP contribution in [0.4, 0.5) is 14.5 Å². The van der Waals surface area contributed by atoms with Crippen molar-refractivity contribution in [3.63, 3.8) is 0 Å². The van der Waals surface area contributed by atoms with E-state index in [1.807, 2.05) is 0 Å². The van der Waals surface area contributed by atoms with E-state index < -0.39 is 17.6 Å². The first-order chi connectivity index (χ1) is 8.86. The number of hydrogen-bond acceptors (Lipinski definition) is 3. The van der Waals surface area contributed by atoms with Gasteiger partial charge in [-0.25, -0.2) is 8.78 Å². The fourth-order valence-electron chi connectivity index (χ4n) is 1.75. The maximum absolute atomic E-state index is 13.9. The van der Waals surface area contributed by atoms with Gasteiger partial charge in [-0.05, 0) is 26.0 Å². The topological polar surface area (TPSA) is 64.3 Å². The van der Waals surface area contributed by atoms with E-state index in [1.165, 1.54) is 4.90 Å². The van der Waals surface area contributed by atoms with Crippen molar-refractivity contribution in [2.75, 3.05) is 11.4 Å². The fourth-order valence-corrected chi connectivity index (χ4v) is 1.75. The lowest BCUT2D eigenvalue weighted by Crippen LogP contribution is -2.34.